The SMILES string of the molecule is CC(C)(O)CCc1cc2cc(C(=O)N3CCC(C)(F)CC3)cnc2n1-c1ccc(N2CCOC2=O)nc1.CC1(F)CCN(C(=O)c2cnc3c(ccn3-c3ccc(C(=O)Cc4ccno4)nc3)c2)CC1.CC1(F)CCN(C(=O)c2cnc3c(ccn3-c3cncc(C(=O)Nc4ccno4)c3)c2)CC1.Cc1nc(-c2ccc(-n3c(CCC(C)(C)O)cc4cc(C(=O)N5CCC(C)(F)CC5)cnc43)cn2)no1. The van der Waals surface area contributed by atoms with E-state index in [1.165, 1.54) is 35.8 Å². The zero-order valence-electron chi connectivity index (χ0n) is 78.9. The zero-order chi connectivity index (χ0) is 98.7. The van der Waals surface area contributed by atoms with Crippen LogP contribution in [-0.4, -0.2) is 249 Å². The number of piperidine rings is 4. The van der Waals surface area contributed by atoms with Gasteiger partial charge in [0.2, 0.25) is 17.6 Å². The molecule has 20 rings (SSSR count). The van der Waals surface area contributed by atoms with E-state index in [1.54, 1.807) is 179 Å². The lowest BCUT2D eigenvalue weighted by Crippen LogP contribution is -2.43. The van der Waals surface area contributed by atoms with Crippen LogP contribution in [0.15, 0.2) is 197 Å². The molecular formula is C101H106F4N22O13. The Hall–Kier alpha value is -15.2. The van der Waals surface area contributed by atoms with Crippen molar-refractivity contribution >= 4 is 97.2 Å². The number of cyclic esters (lactones) is 1. The van der Waals surface area contributed by atoms with Gasteiger partial charge in [-0.25, -0.2) is 47.3 Å². The van der Waals surface area contributed by atoms with Crippen LogP contribution >= 0.6 is 0 Å². The number of carbonyl (C=O) groups excluding carboxylic acids is 7. The molecule has 39 heteroatoms. The van der Waals surface area contributed by atoms with E-state index in [0.717, 1.165) is 50.0 Å². The lowest BCUT2D eigenvalue weighted by atomic mass is 9.95. The Morgan fingerprint density at radius 2 is 0.900 bits per heavy atom. The third-order valence-electron chi connectivity index (χ3n) is 25.7. The lowest BCUT2D eigenvalue weighted by molar-refractivity contribution is 0.0493. The third-order valence-corrected chi connectivity index (χ3v) is 25.7. The molecule has 0 atom stereocenters. The number of nitrogens with zero attached hydrogens (tertiary/aromatic N) is 21. The second kappa shape index (κ2) is 39.7. The molecule has 5 fully saturated rings. The number of aryl methyl sites for hydroxylation is 3. The number of ether oxygens (including phenoxy) is 1. The molecule has 0 aromatic carbocycles. The Labute approximate surface area is 801 Å². The van der Waals surface area contributed by atoms with Crippen LogP contribution in [0.2, 0.25) is 0 Å². The maximum Gasteiger partial charge on any atom is 0.415 e. The highest BCUT2D eigenvalue weighted by Crippen LogP contribution is 2.36. The zero-order valence-corrected chi connectivity index (χ0v) is 78.9. The van der Waals surface area contributed by atoms with Gasteiger partial charge in [0.05, 0.1) is 112 Å². The predicted octanol–water partition coefficient (Wildman–Crippen LogP) is 15.9. The number of pyridine rings is 8. The number of hydrogen-bond donors (Lipinski definition) is 3. The Bertz CT molecular complexity index is 7040. The molecule has 726 valence electrons. The Balaban J connectivity index is 0.000000129. The van der Waals surface area contributed by atoms with Crippen LogP contribution in [0.4, 0.5) is 34.1 Å². The number of aromatic nitrogens is 16. The van der Waals surface area contributed by atoms with Crippen molar-refractivity contribution in [2.45, 2.75) is 180 Å². The van der Waals surface area contributed by atoms with Crippen LogP contribution in [0.1, 0.15) is 205 Å². The minimum atomic E-state index is -1.23. The summed E-state index contributed by atoms with van der Waals surface area (Å²) in [5, 5.41) is 37.5. The van der Waals surface area contributed by atoms with E-state index in [9.17, 15) is 61.3 Å². The number of amides is 6. The molecular weight excluding hydrogens is 1810 g/mol. The molecule has 0 radical (unpaired) electrons. The van der Waals surface area contributed by atoms with E-state index < -0.39 is 40.0 Å². The molecule has 0 bridgehead atoms. The first-order valence-electron chi connectivity index (χ1n) is 46.4. The summed E-state index contributed by atoms with van der Waals surface area (Å²) in [6, 6.07) is 30.6. The molecule has 5 aliphatic rings. The fraction of sp³-hybridized carbons (Fsp3) is 0.376. The number of ketones is 1. The fourth-order valence-corrected chi connectivity index (χ4v) is 17.2. The minimum Gasteiger partial charge on any atom is -0.447 e. The van der Waals surface area contributed by atoms with Crippen molar-refractivity contribution in [1.82, 2.24) is 98.2 Å². The van der Waals surface area contributed by atoms with Crippen LogP contribution < -0.4 is 10.2 Å². The highest BCUT2D eigenvalue weighted by Gasteiger charge is 2.38. The Morgan fingerprint density at radius 1 is 0.450 bits per heavy atom. The van der Waals surface area contributed by atoms with Gasteiger partial charge in [-0.2, -0.15) is 4.98 Å². The maximum atomic E-state index is 14.2. The lowest BCUT2D eigenvalue weighted by Gasteiger charge is -2.34. The van der Waals surface area contributed by atoms with Crippen molar-refractivity contribution in [3.8, 4) is 34.3 Å². The maximum absolute atomic E-state index is 14.2. The summed E-state index contributed by atoms with van der Waals surface area (Å²) in [5.41, 5.74) is 3.95. The number of aliphatic hydroxyl groups is 2. The van der Waals surface area contributed by atoms with E-state index in [0.29, 0.717) is 233 Å². The first kappa shape index (κ1) is 96.5. The Kier molecular flexibility index (Phi) is 27.4. The van der Waals surface area contributed by atoms with Gasteiger partial charge in [-0.15, -0.1) is 0 Å². The molecule has 0 saturated carbocycles. The number of fused-ring (bicyclic) bond motifs is 4. The Morgan fingerprint density at radius 3 is 1.31 bits per heavy atom. The van der Waals surface area contributed by atoms with Crippen molar-refractivity contribution in [3.63, 3.8) is 0 Å². The molecule has 5 aliphatic heterocycles. The number of likely N-dealkylation sites (tertiary alicyclic amines) is 4. The number of rotatable bonds is 21. The van der Waals surface area contributed by atoms with Crippen LogP contribution in [0, 0.1) is 6.92 Å². The smallest absolute Gasteiger partial charge is 0.415 e. The summed E-state index contributed by atoms with van der Waals surface area (Å²) in [6.07, 6.45) is 25.4. The number of nitrogens with one attached hydrogen (secondary N) is 1. The van der Waals surface area contributed by atoms with E-state index in [2.05, 4.69) is 65.6 Å². The molecule has 20 heterocycles. The van der Waals surface area contributed by atoms with Gasteiger partial charge in [0.15, 0.2) is 5.78 Å². The summed E-state index contributed by atoms with van der Waals surface area (Å²) in [7, 11) is 0. The number of Topliss-reactive ketones (excluding diaryl/α,β-unsaturated/α-hetero) is 1. The standard InChI is InChI=1S/C27H31FN6O3.C27H32FN5O4.C24H22FN5O3.C23H21FN6O3/c1-17-31-23(32-37-17)22-6-5-21(16-29-22)34-20(7-8-26(2,3)36)14-18-13-19(15-30-24(18)34)25(35)33-11-9-27(4,28)10-12-33;1-26(2,36)7-6-20-15-18-14-19(24(34)31-10-8-27(3,28)9-11-31)16-30-23(18)33(20)21-4-5-22(29-17-21)32-12-13-37-25(32)35;1-24(25)6-10-29(11-7-24)23(32)17-12-16-5-9-30(22(16)27-14-17)18-2-3-20(26-15-18)21(31)13-19-4-8-28-33-19;1-23(24)4-8-29(9-5-23)22(32)17-10-15-3-7-30(20(15)26-13-17)18-11-16(12-25-14-18)21(31)28-19-2-6-27-33-19/h5-6,13-16,36H,7-12H2,1-4H3;4-5,14-17,36H,6-13H2,1-3H3;2-5,8-9,12,14-15H,6-7,10-11,13H2,1H3;2-3,6-7,10-14H,4-5,8-9H2,1H3,(H,28,31). The van der Waals surface area contributed by atoms with E-state index in [1.807, 2.05) is 74.5 Å². The van der Waals surface area contributed by atoms with Crippen LogP contribution in [0.25, 0.3) is 78.4 Å². The second-order valence-electron chi connectivity index (χ2n) is 38.2. The highest BCUT2D eigenvalue weighted by atomic mass is 19.2. The molecule has 3 N–H and O–H groups in total. The first-order chi connectivity index (χ1) is 66.8. The molecule has 5 saturated heterocycles. The molecule has 0 unspecified atom stereocenters. The van der Waals surface area contributed by atoms with E-state index in [4.69, 9.17) is 18.3 Å². The number of carbonyl (C=O) groups is 7. The van der Waals surface area contributed by atoms with Crippen molar-refractivity contribution in [3.05, 3.63) is 240 Å². The predicted molar refractivity (Wildman–Crippen MR) is 509 cm³/mol. The van der Waals surface area contributed by atoms with Gasteiger partial charge in [-0.1, -0.05) is 15.5 Å². The molecule has 0 spiro atoms. The van der Waals surface area contributed by atoms with Gasteiger partial charge in [-0.05, 0) is 223 Å². The monoisotopic (exact) mass is 1910 g/mol. The highest BCUT2D eigenvalue weighted by molar-refractivity contribution is 6.04. The van der Waals surface area contributed by atoms with Gasteiger partial charge < -0.3 is 48.1 Å². The summed E-state index contributed by atoms with van der Waals surface area (Å²) in [6.45, 7) is 19.0. The fourth-order valence-electron chi connectivity index (χ4n) is 17.2. The molecule has 140 heavy (non-hydrogen) atoms. The molecule has 15 aromatic rings. The summed E-state index contributed by atoms with van der Waals surface area (Å²) < 4.78 is 84.1. The van der Waals surface area contributed by atoms with Crippen molar-refractivity contribution in [1.29, 1.82) is 0 Å². The number of anilines is 2. The molecule has 0 aliphatic carbocycles. The number of hydrogen-bond acceptors (Lipinski definition) is 25. The van der Waals surface area contributed by atoms with Gasteiger partial charge in [0, 0.05) is 148 Å². The minimum absolute atomic E-state index is 0.0960. The average Bonchev–Trinajstić information content (AvgIpc) is 1.62. The van der Waals surface area contributed by atoms with Crippen LogP contribution in [0.3, 0.4) is 0 Å². The van der Waals surface area contributed by atoms with Gasteiger partial charge in [-0.3, -0.25) is 72.2 Å². The van der Waals surface area contributed by atoms with E-state index >= 15 is 0 Å². The summed E-state index contributed by atoms with van der Waals surface area (Å²) in [4.78, 5) is 137. The van der Waals surface area contributed by atoms with Crippen molar-refractivity contribution in [2.24, 2.45) is 0 Å². The van der Waals surface area contributed by atoms with Gasteiger partial charge in [0.25, 0.3) is 29.5 Å². The number of alkyl halides is 4. The number of halogens is 4. The molecule has 35 nitrogen and oxygen atoms in total. The molecule has 6 amide bonds. The summed E-state index contributed by atoms with van der Waals surface area (Å²) >= 11 is 0. The van der Waals surface area contributed by atoms with Crippen molar-refractivity contribution in [2.75, 3.05) is 75.7 Å². The van der Waals surface area contributed by atoms with Gasteiger partial charge in [0.1, 0.15) is 74.8 Å². The largest absolute Gasteiger partial charge is 0.447 e. The topological polar surface area (TPSA) is 411 Å². The average molecular weight is 1910 g/mol. The van der Waals surface area contributed by atoms with Gasteiger partial charge >= 0.3 is 6.09 Å². The van der Waals surface area contributed by atoms with Crippen LogP contribution in [0.5, 0.6) is 0 Å². The summed E-state index contributed by atoms with van der Waals surface area (Å²) in [5.74, 6) is 0.973. The molecule has 15 aromatic heterocycles. The second-order valence-corrected chi connectivity index (χ2v) is 38.2. The first-order valence-corrected chi connectivity index (χ1v) is 46.4. The normalized spacial score (nSPS) is 16.3. The van der Waals surface area contributed by atoms with Crippen molar-refractivity contribution < 1.29 is 79.6 Å². The van der Waals surface area contributed by atoms with E-state index in [-0.39, 0.29) is 47.6 Å². The quantitative estimate of drug-likeness (QED) is 0.0444. The van der Waals surface area contributed by atoms with Crippen LogP contribution in [-0.2, 0) is 24.0 Å². The third kappa shape index (κ3) is 22.6.